The van der Waals surface area contributed by atoms with E-state index in [1.165, 1.54) is 56.7 Å². The molecule has 0 aromatic heterocycles. The quantitative estimate of drug-likeness (QED) is 0.0434. The number of ether oxygens (including phenoxy) is 9. The molecule has 0 fully saturated rings. The Morgan fingerprint density at radius 1 is 0.377 bits per heavy atom. The molecule has 61 heavy (non-hydrogen) atoms. The molecular weight excluding hydrogens is 785 g/mol. The first kappa shape index (κ1) is 42.8. The maximum absolute atomic E-state index is 13.2. The van der Waals surface area contributed by atoms with Gasteiger partial charge in [-0.05, 0) is 159 Å². The van der Waals surface area contributed by atoms with Crippen molar-refractivity contribution in [3.63, 3.8) is 0 Å². The van der Waals surface area contributed by atoms with E-state index in [1.54, 1.807) is 97.1 Å². The molecule has 0 unspecified atom stereocenters. The molecule has 0 heterocycles. The van der Waals surface area contributed by atoms with E-state index < -0.39 is 23.9 Å². The van der Waals surface area contributed by atoms with E-state index in [2.05, 4.69) is 0 Å². The Labute approximate surface area is 352 Å². The van der Waals surface area contributed by atoms with Gasteiger partial charge >= 0.3 is 23.9 Å². The fraction of sp³-hybridized carbons (Fsp3) is 0.167. The molecule has 6 rings (SSSR count). The lowest BCUT2D eigenvalue weighted by Crippen LogP contribution is -2.14. The predicted octanol–water partition coefficient (Wildman–Crippen LogP) is 9.22. The van der Waals surface area contributed by atoms with Gasteiger partial charge in [-0.15, -0.1) is 0 Å². The highest BCUT2D eigenvalue weighted by Crippen LogP contribution is 2.27. The number of carbonyl (C=O) groups is 4. The average molecular weight is 827 g/mol. The molecule has 0 radical (unpaired) electrons. The fourth-order valence-corrected chi connectivity index (χ4v) is 5.58. The molecule has 13 nitrogen and oxygen atoms in total. The molecule has 0 saturated heterocycles. The summed E-state index contributed by atoms with van der Waals surface area (Å²) in [5.41, 5.74) is 0.806. The summed E-state index contributed by atoms with van der Waals surface area (Å²) in [7, 11) is 3.08. The molecule has 0 N–H and O–H groups in total. The van der Waals surface area contributed by atoms with E-state index in [9.17, 15) is 19.2 Å². The number of hydrogen-bond donors (Lipinski definition) is 0. The van der Waals surface area contributed by atoms with Crippen molar-refractivity contribution in [2.45, 2.75) is 19.8 Å². The lowest BCUT2D eigenvalue weighted by atomic mass is 10.1. The molecular formula is C48H42O13. The van der Waals surface area contributed by atoms with E-state index in [0.29, 0.717) is 72.1 Å². The third-order valence-electron chi connectivity index (χ3n) is 8.78. The van der Waals surface area contributed by atoms with Crippen LogP contribution in [0, 0.1) is 0 Å². The molecule has 6 aromatic carbocycles. The zero-order valence-corrected chi connectivity index (χ0v) is 33.6. The van der Waals surface area contributed by atoms with Crippen molar-refractivity contribution in [2.24, 2.45) is 0 Å². The maximum Gasteiger partial charge on any atom is 0.347 e. The summed E-state index contributed by atoms with van der Waals surface area (Å²) in [4.78, 5) is 51.7. The average Bonchev–Trinajstić information content (AvgIpc) is 3.29. The van der Waals surface area contributed by atoms with Gasteiger partial charge in [-0.25, -0.2) is 19.2 Å². The first-order valence-corrected chi connectivity index (χ1v) is 19.2. The van der Waals surface area contributed by atoms with E-state index in [0.717, 1.165) is 0 Å². The highest BCUT2D eigenvalue weighted by atomic mass is 16.6. The second kappa shape index (κ2) is 21.3. The Morgan fingerprint density at radius 3 is 1.15 bits per heavy atom. The second-order valence-corrected chi connectivity index (χ2v) is 13.0. The molecule has 0 saturated carbocycles. The number of methoxy groups -OCH3 is 2. The lowest BCUT2D eigenvalue weighted by molar-refractivity contribution is 0.0716. The molecule has 0 spiro atoms. The molecule has 0 aliphatic rings. The highest BCUT2D eigenvalue weighted by molar-refractivity contribution is 5.98. The second-order valence-electron chi connectivity index (χ2n) is 13.0. The van der Waals surface area contributed by atoms with Crippen LogP contribution in [0.2, 0.25) is 0 Å². The largest absolute Gasteiger partial charge is 0.497 e. The summed E-state index contributed by atoms with van der Waals surface area (Å²) in [6, 6.07) is 36.7. The van der Waals surface area contributed by atoms with Crippen LogP contribution in [0.15, 0.2) is 140 Å². The number of hydrogen-bond acceptors (Lipinski definition) is 13. The van der Waals surface area contributed by atoms with Crippen LogP contribution in [0.3, 0.4) is 0 Å². The summed E-state index contributed by atoms with van der Waals surface area (Å²) in [5, 5.41) is 0. The van der Waals surface area contributed by atoms with Gasteiger partial charge in [-0.2, -0.15) is 0 Å². The van der Waals surface area contributed by atoms with Gasteiger partial charge in [0.15, 0.2) is 0 Å². The van der Waals surface area contributed by atoms with Crippen molar-refractivity contribution in [2.75, 3.05) is 34.0 Å². The van der Waals surface area contributed by atoms with E-state index in [1.807, 2.05) is 6.92 Å². The molecule has 0 aliphatic heterocycles. The Hall–Kier alpha value is -7.80. The molecule has 0 atom stereocenters. The van der Waals surface area contributed by atoms with Crippen LogP contribution in [-0.4, -0.2) is 57.9 Å². The summed E-state index contributed by atoms with van der Waals surface area (Å²) >= 11 is 0. The van der Waals surface area contributed by atoms with Crippen LogP contribution in [0.1, 0.15) is 61.2 Å². The minimum atomic E-state index is -0.677. The number of esters is 4. The topological polar surface area (TPSA) is 151 Å². The number of carbonyl (C=O) groups excluding carboxylic acids is 4. The van der Waals surface area contributed by atoms with Gasteiger partial charge < -0.3 is 42.6 Å². The third kappa shape index (κ3) is 12.4. The fourth-order valence-electron chi connectivity index (χ4n) is 5.58. The maximum atomic E-state index is 13.2. The van der Waals surface area contributed by atoms with Crippen molar-refractivity contribution >= 4 is 23.9 Å². The Kier molecular flexibility index (Phi) is 14.9. The lowest BCUT2D eigenvalue weighted by Gasteiger charge is -2.13. The number of benzene rings is 6. The highest BCUT2D eigenvalue weighted by Gasteiger charge is 2.20. The first-order valence-electron chi connectivity index (χ1n) is 19.2. The van der Waals surface area contributed by atoms with Gasteiger partial charge in [0.2, 0.25) is 0 Å². The Balaban J connectivity index is 0.976. The van der Waals surface area contributed by atoms with Crippen molar-refractivity contribution < 1.29 is 61.8 Å². The Bertz CT molecular complexity index is 2390. The molecule has 0 aliphatic carbocycles. The normalized spacial score (nSPS) is 10.5. The molecule has 6 aromatic rings. The molecule has 13 heteroatoms. The molecule has 312 valence electrons. The van der Waals surface area contributed by atoms with E-state index >= 15 is 0 Å². The van der Waals surface area contributed by atoms with Gasteiger partial charge in [0.25, 0.3) is 0 Å². The SMILES string of the molecule is CCOc1ccc(OC(=O)c2ccc(C(=O)Oc3ccc(OCCCCOc4cc(C(=O)Oc5ccc(OC)cc5)ccc4C(=O)Oc4ccc(OC)cc4)cc3)cc2)cc1. The summed E-state index contributed by atoms with van der Waals surface area (Å²) in [6.07, 6.45) is 1.13. The summed E-state index contributed by atoms with van der Waals surface area (Å²) < 4.78 is 49.6. The van der Waals surface area contributed by atoms with Gasteiger partial charge in [0.1, 0.15) is 57.3 Å². The number of unbranched alkanes of at least 4 members (excludes halogenated alkanes) is 1. The monoisotopic (exact) mass is 826 g/mol. The molecule has 0 amide bonds. The zero-order valence-electron chi connectivity index (χ0n) is 33.6. The number of rotatable bonds is 19. The van der Waals surface area contributed by atoms with Crippen LogP contribution >= 0.6 is 0 Å². The van der Waals surface area contributed by atoms with E-state index in [-0.39, 0.29) is 34.6 Å². The van der Waals surface area contributed by atoms with Crippen LogP contribution in [-0.2, 0) is 0 Å². The van der Waals surface area contributed by atoms with E-state index in [4.69, 9.17) is 42.6 Å². The van der Waals surface area contributed by atoms with Gasteiger partial charge in [0, 0.05) is 0 Å². The van der Waals surface area contributed by atoms with Crippen LogP contribution in [0.4, 0.5) is 0 Å². The van der Waals surface area contributed by atoms with Gasteiger partial charge in [-0.3, -0.25) is 0 Å². The first-order chi connectivity index (χ1) is 29.7. The van der Waals surface area contributed by atoms with Crippen LogP contribution in [0.5, 0.6) is 51.7 Å². The minimum absolute atomic E-state index is 0.117. The molecule has 0 bridgehead atoms. The standard InChI is InChI=1S/C48H42O13/c1-4-55-37-16-24-40(25-17-37)58-45(49)32-7-9-33(10-8-32)46(50)59-41-26-18-38(19-27-41)56-29-5-6-30-57-44-31-34(47(51)60-39-20-12-35(53-2)13-21-39)11-28-43(44)48(52)61-42-22-14-36(54-3)15-23-42/h7-28,31H,4-6,29-30H2,1-3H3. The minimum Gasteiger partial charge on any atom is -0.497 e. The van der Waals surface area contributed by atoms with Crippen molar-refractivity contribution in [3.8, 4) is 51.7 Å². The van der Waals surface area contributed by atoms with Crippen molar-refractivity contribution in [1.29, 1.82) is 0 Å². The van der Waals surface area contributed by atoms with Crippen molar-refractivity contribution in [3.05, 3.63) is 162 Å². The van der Waals surface area contributed by atoms with Gasteiger partial charge in [-0.1, -0.05) is 0 Å². The predicted molar refractivity (Wildman–Crippen MR) is 223 cm³/mol. The summed E-state index contributed by atoms with van der Waals surface area (Å²) in [5.74, 6) is 1.39. The summed E-state index contributed by atoms with van der Waals surface area (Å²) in [6.45, 7) is 2.95. The van der Waals surface area contributed by atoms with Crippen molar-refractivity contribution in [1.82, 2.24) is 0 Å². The smallest absolute Gasteiger partial charge is 0.347 e. The zero-order chi connectivity index (χ0) is 43.0. The van der Waals surface area contributed by atoms with Crippen LogP contribution in [0.25, 0.3) is 0 Å². The van der Waals surface area contributed by atoms with Gasteiger partial charge in [0.05, 0.1) is 50.7 Å². The van der Waals surface area contributed by atoms with Crippen LogP contribution < -0.4 is 42.6 Å². The third-order valence-corrected chi connectivity index (χ3v) is 8.78. The Morgan fingerprint density at radius 2 is 0.721 bits per heavy atom.